The van der Waals surface area contributed by atoms with Crippen molar-refractivity contribution in [3.8, 4) is 17.3 Å². The minimum Gasteiger partial charge on any atom is -0.456 e. The number of rotatable bonds is 6. The number of likely N-dealkylation sites (N-methyl/N-ethyl adjacent to an activating group) is 2. The number of nitrogens with one attached hydrogen (secondary N) is 1. The Morgan fingerprint density at radius 1 is 1.15 bits per heavy atom. The molecule has 4 aliphatic rings. The topological polar surface area (TPSA) is 95.7 Å². The van der Waals surface area contributed by atoms with Gasteiger partial charge >= 0.3 is 0 Å². The highest BCUT2D eigenvalue weighted by Gasteiger charge is 2.48. The molecule has 2 saturated heterocycles. The Bertz CT molecular complexity index is 1530. The number of aromatic nitrogens is 3. The van der Waals surface area contributed by atoms with E-state index in [2.05, 4.69) is 75.9 Å². The van der Waals surface area contributed by atoms with Crippen molar-refractivity contribution in [3.05, 3.63) is 59.1 Å². The first-order valence-corrected chi connectivity index (χ1v) is 14.3. The van der Waals surface area contributed by atoms with E-state index in [0.29, 0.717) is 40.4 Å². The molecule has 9 nitrogen and oxygen atoms in total. The number of nitrogens with zero attached hydrogens (tertiary/aromatic N) is 4. The van der Waals surface area contributed by atoms with Crippen LogP contribution in [-0.2, 0) is 9.47 Å². The van der Waals surface area contributed by atoms with Gasteiger partial charge in [-0.25, -0.2) is 4.98 Å². The number of benzene rings is 1. The number of aromatic amines is 1. The highest BCUT2D eigenvalue weighted by Crippen LogP contribution is 2.33. The second kappa shape index (κ2) is 10.3. The first kappa shape index (κ1) is 25.7. The van der Waals surface area contributed by atoms with Crippen LogP contribution in [-0.4, -0.2) is 99.7 Å². The van der Waals surface area contributed by atoms with Gasteiger partial charge in [0, 0.05) is 5.56 Å². The summed E-state index contributed by atoms with van der Waals surface area (Å²) in [6, 6.07) is 10.5. The fourth-order valence-electron chi connectivity index (χ4n) is 6.27. The van der Waals surface area contributed by atoms with Crippen molar-refractivity contribution in [2.24, 2.45) is 5.92 Å². The van der Waals surface area contributed by atoms with Crippen LogP contribution in [0.25, 0.3) is 28.0 Å². The molecule has 5 unspecified atom stereocenters. The van der Waals surface area contributed by atoms with E-state index in [1.165, 1.54) is 17.0 Å². The average Bonchev–Trinajstić information content (AvgIpc) is 3.74. The maximum absolute atomic E-state index is 9.97. The van der Waals surface area contributed by atoms with Gasteiger partial charge in [-0.05, 0) is 30.5 Å². The SMILES string of the molecule is CCN1CC[N+](C)=C1C1C=CC(c2ccc(-c3nc4nc(OC5COC6C(O)COC56)[nH]c4cc3Cl)cc2)=CC1. The predicted molar refractivity (Wildman–Crippen MR) is 153 cm³/mol. The van der Waals surface area contributed by atoms with Crippen molar-refractivity contribution in [3.63, 3.8) is 0 Å². The fraction of sp³-hybridized carbons (Fsp3) is 0.433. The molecule has 10 heteroatoms. The number of halogens is 1. The summed E-state index contributed by atoms with van der Waals surface area (Å²) in [5.74, 6) is 1.85. The lowest BCUT2D eigenvalue weighted by atomic mass is 9.91. The minimum atomic E-state index is -0.629. The van der Waals surface area contributed by atoms with Crippen molar-refractivity contribution in [2.75, 3.05) is 39.9 Å². The molecule has 7 rings (SSSR count). The second-order valence-corrected chi connectivity index (χ2v) is 11.3. The highest BCUT2D eigenvalue weighted by atomic mass is 35.5. The molecule has 1 aliphatic carbocycles. The van der Waals surface area contributed by atoms with Crippen molar-refractivity contribution < 1.29 is 23.9 Å². The van der Waals surface area contributed by atoms with Gasteiger partial charge in [-0.15, -0.1) is 0 Å². The van der Waals surface area contributed by atoms with Crippen molar-refractivity contribution in [1.82, 2.24) is 19.9 Å². The Balaban J connectivity index is 1.07. The lowest BCUT2D eigenvalue weighted by molar-refractivity contribution is -0.488. The molecule has 40 heavy (non-hydrogen) atoms. The number of aliphatic hydroxyl groups excluding tert-OH is 1. The number of hydrogen-bond acceptors (Lipinski definition) is 7. The Morgan fingerprint density at radius 3 is 2.73 bits per heavy atom. The number of fused-ring (bicyclic) bond motifs is 2. The van der Waals surface area contributed by atoms with Gasteiger partial charge in [0.2, 0.25) is 0 Å². The molecular formula is C30H33ClN5O4+. The van der Waals surface area contributed by atoms with E-state index in [1.807, 2.05) is 6.07 Å². The molecule has 2 fully saturated rings. The van der Waals surface area contributed by atoms with Gasteiger partial charge in [0.1, 0.15) is 31.4 Å². The summed E-state index contributed by atoms with van der Waals surface area (Å²) >= 11 is 6.66. The molecule has 0 bridgehead atoms. The normalized spacial score (nSPS) is 28.1. The lowest BCUT2D eigenvalue weighted by Gasteiger charge is -2.20. The van der Waals surface area contributed by atoms with Crippen LogP contribution in [0.3, 0.4) is 0 Å². The number of hydrogen-bond donors (Lipinski definition) is 2. The Morgan fingerprint density at radius 2 is 1.95 bits per heavy atom. The molecule has 3 aromatic rings. The second-order valence-electron chi connectivity index (χ2n) is 10.8. The maximum Gasteiger partial charge on any atom is 0.296 e. The van der Waals surface area contributed by atoms with E-state index in [1.54, 1.807) is 0 Å². The van der Waals surface area contributed by atoms with Crippen LogP contribution in [0.1, 0.15) is 18.9 Å². The summed E-state index contributed by atoms with van der Waals surface area (Å²) in [4.78, 5) is 14.9. The van der Waals surface area contributed by atoms with Crippen LogP contribution in [0, 0.1) is 5.92 Å². The monoisotopic (exact) mass is 562 g/mol. The van der Waals surface area contributed by atoms with Crippen molar-refractivity contribution in [1.29, 1.82) is 0 Å². The third-order valence-electron chi connectivity index (χ3n) is 8.38. The summed E-state index contributed by atoms with van der Waals surface area (Å²) < 4.78 is 19.7. The zero-order valence-electron chi connectivity index (χ0n) is 22.6. The van der Waals surface area contributed by atoms with Crippen LogP contribution >= 0.6 is 11.6 Å². The van der Waals surface area contributed by atoms with Crippen molar-refractivity contribution >= 4 is 34.2 Å². The fourth-order valence-corrected chi connectivity index (χ4v) is 6.53. The molecule has 0 radical (unpaired) electrons. The molecule has 2 N–H and O–H groups in total. The van der Waals surface area contributed by atoms with Gasteiger partial charge in [0.15, 0.2) is 11.8 Å². The zero-order valence-corrected chi connectivity index (χ0v) is 23.3. The van der Waals surface area contributed by atoms with Gasteiger partial charge in [0.05, 0.1) is 49.0 Å². The van der Waals surface area contributed by atoms with Gasteiger partial charge in [-0.3, -0.25) is 9.48 Å². The van der Waals surface area contributed by atoms with E-state index >= 15 is 0 Å². The highest BCUT2D eigenvalue weighted by molar-refractivity contribution is 6.33. The Labute approximate surface area is 237 Å². The van der Waals surface area contributed by atoms with Crippen LogP contribution < -0.4 is 4.74 Å². The first-order chi connectivity index (χ1) is 19.5. The molecule has 0 saturated carbocycles. The van der Waals surface area contributed by atoms with E-state index in [4.69, 9.17) is 30.8 Å². The van der Waals surface area contributed by atoms with Crippen LogP contribution in [0.5, 0.6) is 6.01 Å². The van der Waals surface area contributed by atoms with Crippen LogP contribution in [0.2, 0.25) is 5.02 Å². The summed E-state index contributed by atoms with van der Waals surface area (Å²) in [5.41, 5.74) is 5.18. The van der Waals surface area contributed by atoms with E-state index in [-0.39, 0.29) is 24.9 Å². The average molecular weight is 563 g/mol. The van der Waals surface area contributed by atoms with Gasteiger partial charge in [0.25, 0.3) is 11.8 Å². The standard InChI is InChI=1S/C30H33ClN5O4/c1-3-36-13-12-35(2)29(36)20-10-6-18(7-11-20)17-4-8-19(9-5-17)25-21(31)14-22-28(33-25)34-30(32-22)40-24-16-39-26-23(37)15-38-27(24)26/h4-10,14,20,23-24,26-27,37H,3,11-13,15-16H2,1-2H3,(H,32,33,34)/q+1. The number of H-pyrrole nitrogens is 1. The van der Waals surface area contributed by atoms with E-state index in [0.717, 1.165) is 31.6 Å². The number of ether oxygens (including phenoxy) is 3. The molecule has 5 atom stereocenters. The number of aliphatic hydroxyl groups is 1. The summed E-state index contributed by atoms with van der Waals surface area (Å²) in [6.07, 6.45) is 6.25. The van der Waals surface area contributed by atoms with Gasteiger partial charge in [-0.2, -0.15) is 4.98 Å². The third-order valence-corrected chi connectivity index (χ3v) is 8.66. The lowest BCUT2D eigenvalue weighted by Crippen LogP contribution is -2.34. The summed E-state index contributed by atoms with van der Waals surface area (Å²) in [6.45, 7) is 6.05. The first-order valence-electron chi connectivity index (χ1n) is 13.9. The van der Waals surface area contributed by atoms with Gasteiger partial charge < -0.3 is 24.3 Å². The van der Waals surface area contributed by atoms with Crippen LogP contribution in [0.15, 0.2) is 48.6 Å². The molecule has 2 aromatic heterocycles. The number of pyridine rings is 1. The molecule has 5 heterocycles. The minimum absolute atomic E-state index is 0.248. The molecular weight excluding hydrogens is 530 g/mol. The molecule has 0 amide bonds. The smallest absolute Gasteiger partial charge is 0.296 e. The largest absolute Gasteiger partial charge is 0.456 e. The number of imidazole rings is 1. The Hall–Kier alpha value is -3.24. The number of allylic oxidation sites excluding steroid dienone is 3. The quantitative estimate of drug-likeness (QED) is 0.444. The maximum atomic E-state index is 9.97. The molecule has 3 aliphatic heterocycles. The van der Waals surface area contributed by atoms with E-state index < -0.39 is 6.10 Å². The predicted octanol–water partition coefficient (Wildman–Crippen LogP) is 3.52. The zero-order chi connectivity index (χ0) is 27.4. The third kappa shape index (κ3) is 4.51. The number of amidine groups is 1. The molecule has 1 aromatic carbocycles. The Kier molecular flexibility index (Phi) is 6.62. The molecule has 208 valence electrons. The summed E-state index contributed by atoms with van der Waals surface area (Å²) in [7, 11) is 2.19. The van der Waals surface area contributed by atoms with Crippen molar-refractivity contribution in [2.45, 2.75) is 37.8 Å². The van der Waals surface area contributed by atoms with Crippen LogP contribution in [0.4, 0.5) is 0 Å². The van der Waals surface area contributed by atoms with E-state index in [9.17, 15) is 5.11 Å². The molecule has 0 spiro atoms. The summed E-state index contributed by atoms with van der Waals surface area (Å²) in [5, 5.41) is 10.5. The van der Waals surface area contributed by atoms with Gasteiger partial charge in [-0.1, -0.05) is 54.1 Å².